The molecule has 0 bridgehead atoms. The van der Waals surface area contributed by atoms with Crippen LogP contribution in [0.15, 0.2) is 0 Å². The maximum Gasteiger partial charge on any atom is 0.410 e. The van der Waals surface area contributed by atoms with Crippen molar-refractivity contribution < 1.29 is 14.3 Å². The number of piperidine rings is 1. The number of rotatable bonds is 1. The fraction of sp³-hybridized carbons (Fsp3) is 0.833. The summed E-state index contributed by atoms with van der Waals surface area (Å²) in [6.45, 7) is 2.63. The van der Waals surface area contributed by atoms with Gasteiger partial charge in [0.2, 0.25) is 0 Å². The Balaban J connectivity index is 1.75. The zero-order chi connectivity index (χ0) is 12.1. The predicted molar refractivity (Wildman–Crippen MR) is 60.2 cm³/mol. The van der Waals surface area contributed by atoms with Crippen molar-refractivity contribution in [1.29, 1.82) is 5.26 Å². The fourth-order valence-electron chi connectivity index (χ4n) is 2.20. The molecule has 1 amide bonds. The maximum atomic E-state index is 11.8. The van der Waals surface area contributed by atoms with Gasteiger partial charge in [0.25, 0.3) is 0 Å². The summed E-state index contributed by atoms with van der Waals surface area (Å²) in [7, 11) is 0. The third-order valence-corrected chi connectivity index (χ3v) is 3.37. The Labute approximate surface area is 101 Å². The highest BCUT2D eigenvalue weighted by molar-refractivity contribution is 5.67. The minimum Gasteiger partial charge on any atom is -0.446 e. The number of nitriles is 1. The standard InChI is InChI=1S/C12H18N2O3/c13-9-10-1-5-14(6-2-10)12(15)17-11-3-7-16-8-4-11/h10-11H,1-8H2. The van der Waals surface area contributed by atoms with E-state index in [1.54, 1.807) is 4.90 Å². The number of ether oxygens (including phenoxy) is 2. The lowest BCUT2D eigenvalue weighted by molar-refractivity contribution is -0.0123. The van der Waals surface area contributed by atoms with E-state index in [1.807, 2.05) is 0 Å². The SMILES string of the molecule is N#CC1CCN(C(=O)OC2CCOCC2)CC1. The van der Waals surface area contributed by atoms with Crippen molar-refractivity contribution in [3.05, 3.63) is 0 Å². The van der Waals surface area contributed by atoms with E-state index in [1.165, 1.54) is 0 Å². The Morgan fingerprint density at radius 2 is 1.88 bits per heavy atom. The highest BCUT2D eigenvalue weighted by Gasteiger charge is 2.26. The van der Waals surface area contributed by atoms with Crippen molar-refractivity contribution in [2.45, 2.75) is 31.8 Å². The van der Waals surface area contributed by atoms with Crippen LogP contribution in [0, 0.1) is 17.2 Å². The summed E-state index contributed by atoms with van der Waals surface area (Å²) in [4.78, 5) is 13.6. The third-order valence-electron chi connectivity index (χ3n) is 3.37. The van der Waals surface area contributed by atoms with E-state index in [2.05, 4.69) is 6.07 Å². The number of hydrogen-bond donors (Lipinski definition) is 0. The molecular formula is C12H18N2O3. The molecule has 0 unspecified atom stereocenters. The predicted octanol–water partition coefficient (Wildman–Crippen LogP) is 1.54. The van der Waals surface area contributed by atoms with Gasteiger partial charge in [-0.2, -0.15) is 5.26 Å². The summed E-state index contributed by atoms with van der Waals surface area (Å²) in [5, 5.41) is 8.78. The Bertz CT molecular complexity index is 299. The first kappa shape index (κ1) is 12.2. The first-order chi connectivity index (χ1) is 8.29. The van der Waals surface area contributed by atoms with E-state index in [9.17, 15) is 4.79 Å². The maximum absolute atomic E-state index is 11.8. The van der Waals surface area contributed by atoms with E-state index in [4.69, 9.17) is 14.7 Å². The molecule has 5 heteroatoms. The van der Waals surface area contributed by atoms with Gasteiger partial charge in [-0.25, -0.2) is 4.79 Å². The van der Waals surface area contributed by atoms with Gasteiger partial charge in [0, 0.05) is 31.8 Å². The van der Waals surface area contributed by atoms with E-state index in [-0.39, 0.29) is 18.1 Å². The Hall–Kier alpha value is -1.28. The molecule has 0 atom stereocenters. The van der Waals surface area contributed by atoms with Crippen molar-refractivity contribution >= 4 is 6.09 Å². The van der Waals surface area contributed by atoms with Crippen LogP contribution >= 0.6 is 0 Å². The first-order valence-corrected chi connectivity index (χ1v) is 6.22. The molecule has 2 saturated heterocycles. The molecule has 2 aliphatic heterocycles. The normalized spacial score (nSPS) is 23.1. The third kappa shape index (κ3) is 3.34. The number of likely N-dealkylation sites (tertiary alicyclic amines) is 1. The number of nitrogens with zero attached hydrogens (tertiary/aromatic N) is 2. The number of carbonyl (C=O) groups excluding carboxylic acids is 1. The summed E-state index contributed by atoms with van der Waals surface area (Å²) in [5.74, 6) is 0.0992. The first-order valence-electron chi connectivity index (χ1n) is 6.22. The number of amides is 1. The van der Waals surface area contributed by atoms with Gasteiger partial charge in [0.15, 0.2) is 0 Å². The molecule has 0 saturated carbocycles. The Morgan fingerprint density at radius 1 is 1.24 bits per heavy atom. The van der Waals surface area contributed by atoms with Crippen LogP contribution in [0.2, 0.25) is 0 Å². The molecule has 17 heavy (non-hydrogen) atoms. The van der Waals surface area contributed by atoms with Crippen LogP contribution in [0.4, 0.5) is 4.79 Å². The molecular weight excluding hydrogens is 220 g/mol. The van der Waals surface area contributed by atoms with Crippen molar-refractivity contribution in [2.24, 2.45) is 5.92 Å². The van der Waals surface area contributed by atoms with Gasteiger partial charge in [-0.15, -0.1) is 0 Å². The van der Waals surface area contributed by atoms with Gasteiger partial charge in [0.05, 0.1) is 19.3 Å². The summed E-state index contributed by atoms with van der Waals surface area (Å²) >= 11 is 0. The highest BCUT2D eigenvalue weighted by Crippen LogP contribution is 2.18. The summed E-state index contributed by atoms with van der Waals surface area (Å²) < 4.78 is 10.6. The Kier molecular flexibility index (Phi) is 4.21. The number of hydrogen-bond acceptors (Lipinski definition) is 4. The lowest BCUT2D eigenvalue weighted by Gasteiger charge is -2.31. The molecule has 0 aromatic rings. The molecule has 0 spiro atoms. The lowest BCUT2D eigenvalue weighted by atomic mass is 9.99. The van der Waals surface area contributed by atoms with Gasteiger partial charge < -0.3 is 14.4 Å². The molecule has 2 aliphatic rings. The lowest BCUT2D eigenvalue weighted by Crippen LogP contribution is -2.41. The van der Waals surface area contributed by atoms with Crippen molar-refractivity contribution in [1.82, 2.24) is 4.90 Å². The molecule has 0 radical (unpaired) electrons. The smallest absolute Gasteiger partial charge is 0.410 e. The van der Waals surface area contributed by atoms with Gasteiger partial charge >= 0.3 is 6.09 Å². The second-order valence-electron chi connectivity index (χ2n) is 4.59. The van der Waals surface area contributed by atoms with Crippen LogP contribution in [0.5, 0.6) is 0 Å². The molecule has 5 nitrogen and oxygen atoms in total. The van der Waals surface area contributed by atoms with Crippen LogP contribution in [-0.4, -0.2) is 43.4 Å². The van der Waals surface area contributed by atoms with Gasteiger partial charge in [-0.05, 0) is 12.8 Å². The zero-order valence-corrected chi connectivity index (χ0v) is 9.93. The van der Waals surface area contributed by atoms with Crippen LogP contribution in [-0.2, 0) is 9.47 Å². The van der Waals surface area contributed by atoms with Gasteiger partial charge in [-0.1, -0.05) is 0 Å². The summed E-state index contributed by atoms with van der Waals surface area (Å²) in [6, 6.07) is 2.25. The molecule has 0 N–H and O–H groups in total. The quantitative estimate of drug-likeness (QED) is 0.695. The molecule has 2 heterocycles. The second kappa shape index (κ2) is 5.87. The van der Waals surface area contributed by atoms with E-state index in [0.29, 0.717) is 26.3 Å². The second-order valence-corrected chi connectivity index (χ2v) is 4.59. The van der Waals surface area contributed by atoms with Crippen molar-refractivity contribution in [3.63, 3.8) is 0 Å². The van der Waals surface area contributed by atoms with Crippen LogP contribution in [0.25, 0.3) is 0 Å². The summed E-state index contributed by atoms with van der Waals surface area (Å²) in [5.41, 5.74) is 0. The summed E-state index contributed by atoms with van der Waals surface area (Å²) in [6.07, 6.45) is 2.89. The molecule has 2 rings (SSSR count). The Morgan fingerprint density at radius 3 is 2.47 bits per heavy atom. The highest BCUT2D eigenvalue weighted by atomic mass is 16.6. The minimum absolute atomic E-state index is 0.00457. The topological polar surface area (TPSA) is 62.6 Å². The van der Waals surface area contributed by atoms with Crippen molar-refractivity contribution in [2.75, 3.05) is 26.3 Å². The fourth-order valence-corrected chi connectivity index (χ4v) is 2.20. The zero-order valence-electron chi connectivity index (χ0n) is 9.93. The molecule has 0 aromatic heterocycles. The van der Waals surface area contributed by atoms with Crippen LogP contribution < -0.4 is 0 Å². The molecule has 0 aliphatic carbocycles. The average Bonchev–Trinajstić information content (AvgIpc) is 2.40. The monoisotopic (exact) mass is 238 g/mol. The largest absolute Gasteiger partial charge is 0.446 e. The van der Waals surface area contributed by atoms with Gasteiger partial charge in [0.1, 0.15) is 6.10 Å². The van der Waals surface area contributed by atoms with E-state index < -0.39 is 0 Å². The van der Waals surface area contributed by atoms with Gasteiger partial charge in [-0.3, -0.25) is 0 Å². The minimum atomic E-state index is -0.228. The van der Waals surface area contributed by atoms with Crippen LogP contribution in [0.3, 0.4) is 0 Å². The van der Waals surface area contributed by atoms with Crippen LogP contribution in [0.1, 0.15) is 25.7 Å². The number of carbonyl (C=O) groups is 1. The van der Waals surface area contributed by atoms with Crippen molar-refractivity contribution in [3.8, 4) is 6.07 Å². The molecule has 0 aromatic carbocycles. The van der Waals surface area contributed by atoms with E-state index in [0.717, 1.165) is 25.7 Å². The van der Waals surface area contributed by atoms with E-state index >= 15 is 0 Å². The molecule has 94 valence electrons. The molecule has 2 fully saturated rings. The average molecular weight is 238 g/mol.